The molecule has 4 aromatic rings. The minimum Gasteiger partial charge on any atom is -0.496 e. The van der Waals surface area contributed by atoms with Crippen molar-refractivity contribution in [3.8, 4) is 44.9 Å². The van der Waals surface area contributed by atoms with Crippen LogP contribution in [0, 0.1) is 0 Å². The van der Waals surface area contributed by atoms with E-state index < -0.39 is 80.6 Å². The van der Waals surface area contributed by atoms with E-state index in [4.69, 9.17) is 14.2 Å². The lowest BCUT2D eigenvalue weighted by atomic mass is 9.76. The fraction of sp³-hybridized carbons (Fsp3) is 0.529. The number of nitrogens with zero attached hydrogens (tertiary/aromatic N) is 1. The Morgan fingerprint density at radius 1 is 0.507 bits per heavy atom. The van der Waals surface area contributed by atoms with Crippen molar-refractivity contribution < 1.29 is 71.4 Å². The molecule has 5 rings (SSSR count). The first-order valence-corrected chi connectivity index (χ1v) is 22.0. The minimum atomic E-state index is -5.22. The summed E-state index contributed by atoms with van der Waals surface area (Å²) in [5, 5.41) is 0. The molecule has 0 aromatic heterocycles. The van der Waals surface area contributed by atoms with Crippen molar-refractivity contribution in [1.82, 2.24) is 0 Å². The molecule has 0 fully saturated rings. The van der Waals surface area contributed by atoms with Crippen LogP contribution >= 0.6 is 0 Å². The van der Waals surface area contributed by atoms with Crippen LogP contribution < -0.4 is 9.47 Å². The Hall–Kier alpha value is -4.44. The number of hydrogen-bond donors (Lipinski definition) is 0. The van der Waals surface area contributed by atoms with Gasteiger partial charge in [0.25, 0.3) is 0 Å². The second-order valence-corrected chi connectivity index (χ2v) is 20.0. The summed E-state index contributed by atoms with van der Waals surface area (Å²) in [6, 6.07) is 5.55. The molecule has 0 spiro atoms. The summed E-state index contributed by atoms with van der Waals surface area (Å²) in [5.74, 6) is -0.00194. The average Bonchev–Trinajstić information content (AvgIpc) is 3.33. The van der Waals surface area contributed by atoms with Crippen molar-refractivity contribution in [2.45, 2.75) is 148 Å². The maximum atomic E-state index is 14.7. The van der Waals surface area contributed by atoms with Crippen LogP contribution in [0.2, 0.25) is 0 Å². The summed E-state index contributed by atoms with van der Waals surface area (Å²) >= 11 is 0. The van der Waals surface area contributed by atoms with Crippen molar-refractivity contribution in [3.05, 3.63) is 93.0 Å². The van der Waals surface area contributed by atoms with Crippen LogP contribution in [-0.4, -0.2) is 44.5 Å². The molecule has 0 radical (unpaired) electrons. The van der Waals surface area contributed by atoms with Crippen molar-refractivity contribution >= 4 is 0 Å². The summed E-state index contributed by atoms with van der Waals surface area (Å²) in [5.41, 5.74) is -8.27. The van der Waals surface area contributed by atoms with Crippen molar-refractivity contribution in [3.63, 3.8) is 0 Å². The van der Waals surface area contributed by atoms with E-state index in [9.17, 15) is 52.7 Å². The highest BCUT2D eigenvalue weighted by atomic mass is 19.4. The predicted molar refractivity (Wildman–Crippen MR) is 236 cm³/mol. The lowest BCUT2D eigenvalue weighted by molar-refractivity contribution is -0.963. The van der Waals surface area contributed by atoms with Crippen molar-refractivity contribution in [2.24, 2.45) is 0 Å². The van der Waals surface area contributed by atoms with E-state index in [1.807, 2.05) is 27.8 Å². The van der Waals surface area contributed by atoms with E-state index >= 15 is 0 Å². The Balaban J connectivity index is 2.21. The topological polar surface area (TPSA) is 27.7 Å². The Kier molecular flexibility index (Phi) is 14.5. The third-order valence-electron chi connectivity index (χ3n) is 13.3. The Morgan fingerprint density at radius 3 is 1.03 bits per heavy atom. The number of halogens is 12. The zero-order valence-corrected chi connectivity index (χ0v) is 40.1. The molecule has 1 aliphatic rings. The second kappa shape index (κ2) is 18.1. The number of fused-ring (bicyclic) bond motifs is 3. The first kappa shape index (κ1) is 53.5. The monoisotopic (exact) mass is 962 g/mol. The zero-order chi connectivity index (χ0) is 50.8. The Bertz CT molecular complexity index is 2240. The van der Waals surface area contributed by atoms with Crippen molar-refractivity contribution in [2.75, 3.05) is 28.4 Å². The molecule has 0 saturated carbocycles. The van der Waals surface area contributed by atoms with Crippen LogP contribution in [-0.2, 0) is 53.4 Å². The lowest BCUT2D eigenvalue weighted by Gasteiger charge is -2.49. The molecular weight excluding hydrogens is 903 g/mol. The van der Waals surface area contributed by atoms with Gasteiger partial charge < -0.3 is 18.7 Å². The SMILES string of the molecule is CCCC(CCC)(OC)[C@H](C)[N+]1(C)Cc2c(cc(C(C)(C)C)c(OC)c2-c2cc(C(F)(F)F)cc(C(F)(F)F)c2)-c2cc(C(C)(C)C)c(OC)c(-c3cc(C(F)(F)F)cc(C(F)(F)F)c3)c2C1. The van der Waals surface area contributed by atoms with Gasteiger partial charge in [-0.15, -0.1) is 0 Å². The fourth-order valence-corrected chi connectivity index (χ4v) is 9.95. The predicted octanol–water partition coefficient (Wildman–Crippen LogP) is 16.2. The maximum Gasteiger partial charge on any atom is 0.416 e. The van der Waals surface area contributed by atoms with Gasteiger partial charge in [-0.2, -0.15) is 52.7 Å². The van der Waals surface area contributed by atoms with E-state index in [0.717, 1.165) is 0 Å². The largest absolute Gasteiger partial charge is 0.496 e. The normalized spacial score (nSPS) is 15.5. The number of methoxy groups -OCH3 is 3. The molecule has 0 saturated heterocycles. The summed E-state index contributed by atoms with van der Waals surface area (Å²) in [7, 11) is 5.89. The highest BCUT2D eigenvalue weighted by Gasteiger charge is 2.50. The first-order chi connectivity index (χ1) is 30.5. The van der Waals surface area contributed by atoms with Crippen LogP contribution in [0.15, 0.2) is 48.5 Å². The zero-order valence-electron chi connectivity index (χ0n) is 40.1. The first-order valence-electron chi connectivity index (χ1n) is 22.0. The number of likely N-dealkylation sites (N-methyl/N-ethyl adjacent to an activating group) is 1. The number of quaternary nitrogens is 1. The molecule has 0 amide bonds. The van der Waals surface area contributed by atoms with Gasteiger partial charge in [-0.05, 0) is 101 Å². The minimum absolute atomic E-state index is 0.000972. The van der Waals surface area contributed by atoms with Gasteiger partial charge in [0.1, 0.15) is 36.2 Å². The van der Waals surface area contributed by atoms with Gasteiger partial charge in [0.05, 0.1) is 43.5 Å². The van der Waals surface area contributed by atoms with E-state index in [0.29, 0.717) is 72.2 Å². The number of hydrogen-bond acceptors (Lipinski definition) is 3. The quantitative estimate of drug-likeness (QED) is 0.111. The van der Waals surface area contributed by atoms with E-state index in [1.54, 1.807) is 60.8 Å². The maximum absolute atomic E-state index is 14.7. The van der Waals surface area contributed by atoms with Gasteiger partial charge in [-0.25, -0.2) is 0 Å². The Morgan fingerprint density at radius 2 is 0.806 bits per heavy atom. The molecule has 67 heavy (non-hydrogen) atoms. The number of rotatable bonds is 11. The molecule has 0 aliphatic carbocycles. The number of alkyl halides is 12. The molecule has 0 unspecified atom stereocenters. The third-order valence-corrected chi connectivity index (χ3v) is 13.3. The molecule has 1 heterocycles. The van der Waals surface area contributed by atoms with Gasteiger partial charge in [0.15, 0.2) is 0 Å². The van der Waals surface area contributed by atoms with Crippen molar-refractivity contribution in [1.29, 1.82) is 0 Å². The van der Waals surface area contributed by atoms with Crippen LogP contribution in [0.25, 0.3) is 33.4 Å². The molecule has 4 nitrogen and oxygen atoms in total. The van der Waals surface area contributed by atoms with E-state index in [1.165, 1.54) is 14.2 Å². The van der Waals surface area contributed by atoms with Gasteiger partial charge in [-0.3, -0.25) is 0 Å². The van der Waals surface area contributed by atoms with E-state index in [-0.39, 0.29) is 63.5 Å². The van der Waals surface area contributed by atoms with Gasteiger partial charge in [0, 0.05) is 40.5 Å². The molecule has 0 N–H and O–H groups in total. The highest BCUT2D eigenvalue weighted by molar-refractivity contribution is 5.91. The van der Waals surface area contributed by atoms with Crippen LogP contribution in [0.3, 0.4) is 0 Å². The third kappa shape index (κ3) is 10.4. The fourth-order valence-electron chi connectivity index (χ4n) is 9.95. The summed E-state index contributed by atoms with van der Waals surface area (Å²) < 4.78 is 195. The van der Waals surface area contributed by atoms with E-state index in [2.05, 4.69) is 0 Å². The van der Waals surface area contributed by atoms with Crippen LogP contribution in [0.5, 0.6) is 11.5 Å². The molecule has 1 aliphatic heterocycles. The van der Waals surface area contributed by atoms with Crippen LogP contribution in [0.1, 0.15) is 133 Å². The number of ether oxygens (including phenoxy) is 3. The van der Waals surface area contributed by atoms with Crippen LogP contribution in [0.4, 0.5) is 52.7 Å². The molecule has 370 valence electrons. The van der Waals surface area contributed by atoms with Gasteiger partial charge in [0.2, 0.25) is 0 Å². The molecule has 1 atom stereocenters. The van der Waals surface area contributed by atoms with Gasteiger partial charge >= 0.3 is 24.7 Å². The smallest absolute Gasteiger partial charge is 0.416 e. The standard InChI is InChI=1S/C51H60F12NO3/c1-14-16-47(67-13,17-15-2)28(3)64(10)26-37-35(24-39(45(4,5)6)43(65-11)41(37)29-18-31(48(52,53)54)22-32(19-29)49(55,56)57)36-25-40(46(7,8)9)44(66-12)42(38(36)27-64)30-20-33(50(58,59)60)23-34(21-30)51(61,62)63/h18-25,28H,14-17,26-27H2,1-13H3/q+1/t28-/m0/s1. The second-order valence-electron chi connectivity index (χ2n) is 20.0. The lowest BCUT2D eigenvalue weighted by Crippen LogP contribution is -2.61. The highest BCUT2D eigenvalue weighted by Crippen LogP contribution is 2.56. The molecule has 0 bridgehead atoms. The molecular formula is C51H60F12NO3+. The van der Waals surface area contributed by atoms with Gasteiger partial charge in [-0.1, -0.05) is 68.2 Å². The summed E-state index contributed by atoms with van der Waals surface area (Å²) in [6.07, 6.45) is -18.6. The summed E-state index contributed by atoms with van der Waals surface area (Å²) in [4.78, 5) is 0. The Labute approximate surface area is 385 Å². The average molecular weight is 963 g/mol. The molecule has 16 heteroatoms. The molecule has 4 aromatic carbocycles. The number of benzene rings is 4. The summed E-state index contributed by atoms with van der Waals surface area (Å²) in [6.45, 7) is 16.2.